The molecule has 3 aromatic rings. The lowest BCUT2D eigenvalue weighted by Crippen LogP contribution is -2.19. The molecule has 170 valence electrons. The van der Waals surface area contributed by atoms with Crippen LogP contribution in [0.4, 0.5) is 13.2 Å². The third kappa shape index (κ3) is 4.87. The van der Waals surface area contributed by atoms with Gasteiger partial charge in [0.05, 0.1) is 18.4 Å². The van der Waals surface area contributed by atoms with E-state index in [1.807, 2.05) is 13.8 Å². The van der Waals surface area contributed by atoms with Gasteiger partial charge in [-0.25, -0.2) is 0 Å². The van der Waals surface area contributed by atoms with Gasteiger partial charge in [-0.1, -0.05) is 13.8 Å². The number of carbonyl (C=O) groups excluding carboxylic acids is 1. The average Bonchev–Trinajstić information content (AvgIpc) is 2.76. The number of methoxy groups -OCH3 is 1. The zero-order valence-electron chi connectivity index (χ0n) is 17.6. The molecule has 0 N–H and O–H groups in total. The fourth-order valence-corrected chi connectivity index (χ4v) is 3.08. The minimum absolute atomic E-state index is 0.00123. The molecule has 9 heteroatoms. The highest BCUT2D eigenvalue weighted by Gasteiger charge is 2.40. The molecule has 0 atom stereocenters. The minimum atomic E-state index is -5.00. The molecule has 0 fully saturated rings. The van der Waals surface area contributed by atoms with Crippen LogP contribution >= 0.6 is 0 Å². The summed E-state index contributed by atoms with van der Waals surface area (Å²) in [6.45, 7) is 3.66. The van der Waals surface area contributed by atoms with Gasteiger partial charge in [-0.15, -0.1) is 0 Å². The highest BCUT2D eigenvalue weighted by atomic mass is 19.4. The number of alkyl halides is 3. The fraction of sp³-hybridized carbons (Fsp3) is 0.304. The number of rotatable bonds is 7. The Hall–Kier alpha value is -3.49. The van der Waals surface area contributed by atoms with Crippen molar-refractivity contribution < 1.29 is 36.6 Å². The van der Waals surface area contributed by atoms with Crippen molar-refractivity contribution in [3.63, 3.8) is 0 Å². The van der Waals surface area contributed by atoms with Crippen LogP contribution < -0.4 is 19.6 Å². The smallest absolute Gasteiger partial charge is 0.453 e. The zero-order chi connectivity index (χ0) is 23.5. The number of fused-ring (bicyclic) bond motifs is 1. The Morgan fingerprint density at radius 3 is 2.16 bits per heavy atom. The Balaban J connectivity index is 2.05. The van der Waals surface area contributed by atoms with Crippen LogP contribution in [0.1, 0.15) is 32.4 Å². The molecule has 3 rings (SSSR count). The summed E-state index contributed by atoms with van der Waals surface area (Å²) in [5.41, 5.74) is -1.38. The SMILES string of the molecule is CCC(CC)C(=O)Oc1ccc2c(=O)c(Oc3ccc(OC)cc3)c(C(F)(F)F)oc2c1. The number of halogens is 3. The van der Waals surface area contributed by atoms with Crippen LogP contribution in [0.25, 0.3) is 11.0 Å². The summed E-state index contributed by atoms with van der Waals surface area (Å²) in [7, 11) is 1.44. The molecule has 0 amide bonds. The maximum atomic E-state index is 13.7. The first-order valence-corrected chi connectivity index (χ1v) is 9.89. The highest BCUT2D eigenvalue weighted by molar-refractivity contribution is 5.82. The van der Waals surface area contributed by atoms with Crippen LogP contribution in [0, 0.1) is 5.92 Å². The summed E-state index contributed by atoms with van der Waals surface area (Å²) in [5.74, 6) is -2.98. The molecule has 2 aromatic carbocycles. The zero-order valence-corrected chi connectivity index (χ0v) is 17.6. The van der Waals surface area contributed by atoms with Gasteiger partial charge < -0.3 is 18.6 Å². The maximum absolute atomic E-state index is 13.7. The topological polar surface area (TPSA) is 75.0 Å². The Kier molecular flexibility index (Phi) is 6.76. The van der Waals surface area contributed by atoms with Crippen molar-refractivity contribution in [2.24, 2.45) is 5.92 Å². The van der Waals surface area contributed by atoms with E-state index in [1.165, 1.54) is 43.5 Å². The molecule has 0 radical (unpaired) electrons. The molecular formula is C23H21F3O6. The van der Waals surface area contributed by atoms with Crippen molar-refractivity contribution >= 4 is 16.9 Å². The Labute approximate surface area is 181 Å². The van der Waals surface area contributed by atoms with Gasteiger partial charge >= 0.3 is 12.1 Å². The quantitative estimate of drug-likeness (QED) is 0.327. The number of hydrogen-bond donors (Lipinski definition) is 0. The van der Waals surface area contributed by atoms with Gasteiger partial charge in [0.2, 0.25) is 11.2 Å². The molecule has 0 saturated heterocycles. The van der Waals surface area contributed by atoms with Crippen molar-refractivity contribution in [1.82, 2.24) is 0 Å². The summed E-state index contributed by atoms with van der Waals surface area (Å²) in [5, 5.41) is -0.149. The molecule has 6 nitrogen and oxygen atoms in total. The van der Waals surface area contributed by atoms with Crippen molar-refractivity contribution in [3.8, 4) is 23.0 Å². The third-order valence-electron chi connectivity index (χ3n) is 4.90. The van der Waals surface area contributed by atoms with Crippen LogP contribution in [0.15, 0.2) is 51.7 Å². The largest absolute Gasteiger partial charge is 0.497 e. The van der Waals surface area contributed by atoms with Gasteiger partial charge in [0.25, 0.3) is 5.76 Å². The number of ether oxygens (including phenoxy) is 3. The second-order valence-corrected chi connectivity index (χ2v) is 6.96. The molecule has 0 aliphatic heterocycles. The van der Waals surface area contributed by atoms with Crippen LogP contribution in [-0.4, -0.2) is 13.1 Å². The van der Waals surface area contributed by atoms with Gasteiger partial charge in [0.15, 0.2) is 0 Å². The number of hydrogen-bond acceptors (Lipinski definition) is 6. The minimum Gasteiger partial charge on any atom is -0.497 e. The van der Waals surface area contributed by atoms with Crippen LogP contribution in [-0.2, 0) is 11.0 Å². The molecule has 0 unspecified atom stereocenters. The van der Waals surface area contributed by atoms with Crippen LogP contribution in [0.3, 0.4) is 0 Å². The standard InChI is InChI=1S/C23H21F3O6/c1-4-13(5-2)22(28)31-16-10-11-17-18(12-16)32-21(23(24,25)26)20(19(17)27)30-15-8-6-14(29-3)7-9-15/h6-13H,4-5H2,1-3H3. The van der Waals surface area contributed by atoms with E-state index in [9.17, 15) is 22.8 Å². The van der Waals surface area contributed by atoms with E-state index in [0.717, 1.165) is 6.07 Å². The summed E-state index contributed by atoms with van der Waals surface area (Å²) in [6.07, 6.45) is -3.89. The summed E-state index contributed by atoms with van der Waals surface area (Å²) in [6, 6.07) is 9.33. The second kappa shape index (κ2) is 9.33. The second-order valence-electron chi connectivity index (χ2n) is 6.96. The van der Waals surface area contributed by atoms with Gasteiger partial charge in [-0.05, 0) is 49.2 Å². The highest BCUT2D eigenvalue weighted by Crippen LogP contribution is 2.39. The average molecular weight is 450 g/mol. The molecule has 0 spiro atoms. The molecule has 1 heterocycles. The molecule has 32 heavy (non-hydrogen) atoms. The van der Waals surface area contributed by atoms with E-state index in [-0.39, 0.29) is 28.4 Å². The lowest BCUT2D eigenvalue weighted by Gasteiger charge is -2.14. The monoisotopic (exact) mass is 450 g/mol. The molecule has 0 aliphatic rings. The summed E-state index contributed by atoms with van der Waals surface area (Å²) < 4.78 is 61.5. The normalized spacial score (nSPS) is 11.6. The summed E-state index contributed by atoms with van der Waals surface area (Å²) >= 11 is 0. The molecular weight excluding hydrogens is 429 g/mol. The van der Waals surface area contributed by atoms with E-state index in [1.54, 1.807) is 0 Å². The lowest BCUT2D eigenvalue weighted by atomic mass is 10.0. The van der Waals surface area contributed by atoms with Crippen molar-refractivity contribution in [2.75, 3.05) is 7.11 Å². The van der Waals surface area contributed by atoms with Crippen LogP contribution in [0.5, 0.6) is 23.0 Å². The van der Waals surface area contributed by atoms with Gasteiger partial charge in [0, 0.05) is 6.07 Å². The van der Waals surface area contributed by atoms with Gasteiger partial charge in [-0.2, -0.15) is 13.2 Å². The molecule has 0 aliphatic carbocycles. The number of benzene rings is 2. The Bertz CT molecular complexity index is 1160. The Morgan fingerprint density at radius 1 is 1.00 bits per heavy atom. The molecule has 0 bridgehead atoms. The number of esters is 1. The van der Waals surface area contributed by atoms with Gasteiger partial charge in [0.1, 0.15) is 22.8 Å². The van der Waals surface area contributed by atoms with E-state index in [4.69, 9.17) is 18.6 Å². The fourth-order valence-electron chi connectivity index (χ4n) is 3.08. The maximum Gasteiger partial charge on any atom is 0.453 e. The summed E-state index contributed by atoms with van der Waals surface area (Å²) in [4.78, 5) is 25.0. The predicted octanol–water partition coefficient (Wildman–Crippen LogP) is 5.95. The lowest BCUT2D eigenvalue weighted by molar-refractivity contribution is -0.154. The van der Waals surface area contributed by atoms with E-state index in [2.05, 4.69) is 0 Å². The van der Waals surface area contributed by atoms with Crippen molar-refractivity contribution in [2.45, 2.75) is 32.9 Å². The predicted molar refractivity (Wildman–Crippen MR) is 110 cm³/mol. The van der Waals surface area contributed by atoms with Crippen LogP contribution in [0.2, 0.25) is 0 Å². The van der Waals surface area contributed by atoms with E-state index >= 15 is 0 Å². The van der Waals surface area contributed by atoms with E-state index < -0.39 is 29.1 Å². The van der Waals surface area contributed by atoms with E-state index in [0.29, 0.717) is 18.6 Å². The third-order valence-corrected chi connectivity index (χ3v) is 4.90. The first-order valence-electron chi connectivity index (χ1n) is 9.89. The number of carbonyl (C=O) groups is 1. The molecule has 0 saturated carbocycles. The Morgan fingerprint density at radius 2 is 1.59 bits per heavy atom. The first kappa shape index (κ1) is 23.2. The first-order chi connectivity index (χ1) is 15.2. The van der Waals surface area contributed by atoms with Crippen molar-refractivity contribution in [3.05, 3.63) is 58.4 Å². The van der Waals surface area contributed by atoms with Gasteiger partial charge in [-0.3, -0.25) is 9.59 Å². The molecule has 1 aromatic heterocycles. The van der Waals surface area contributed by atoms with Crippen molar-refractivity contribution in [1.29, 1.82) is 0 Å².